The minimum absolute atomic E-state index is 0.101. The normalized spacial score (nSPS) is 13.9. The molecular weight excluding hydrogens is 394 g/mol. The molecule has 162 valence electrons. The molecule has 2 aromatic rings. The monoisotopic (exact) mass is 421 g/mol. The van der Waals surface area contributed by atoms with E-state index in [0.29, 0.717) is 19.4 Å². The highest BCUT2D eigenvalue weighted by atomic mass is 16.2. The fourth-order valence-corrected chi connectivity index (χ4v) is 3.66. The van der Waals surface area contributed by atoms with Gasteiger partial charge in [0.15, 0.2) is 0 Å². The van der Waals surface area contributed by atoms with Crippen molar-refractivity contribution in [1.82, 2.24) is 15.1 Å². The molecule has 0 spiro atoms. The van der Waals surface area contributed by atoms with Gasteiger partial charge in [-0.3, -0.25) is 19.3 Å². The van der Waals surface area contributed by atoms with Crippen LogP contribution in [0.5, 0.6) is 0 Å². The van der Waals surface area contributed by atoms with Gasteiger partial charge in [-0.1, -0.05) is 74.0 Å². The number of imide groups is 2. The Morgan fingerprint density at radius 2 is 1.42 bits per heavy atom. The molecule has 7 heteroatoms. The van der Waals surface area contributed by atoms with Gasteiger partial charge in [-0.15, -0.1) is 0 Å². The molecule has 0 radical (unpaired) electrons. The van der Waals surface area contributed by atoms with E-state index in [1.165, 1.54) is 0 Å². The molecule has 1 saturated heterocycles. The van der Waals surface area contributed by atoms with E-state index in [0.717, 1.165) is 27.3 Å². The van der Waals surface area contributed by atoms with Gasteiger partial charge in [0.1, 0.15) is 6.54 Å². The Labute approximate surface area is 182 Å². The van der Waals surface area contributed by atoms with Crippen molar-refractivity contribution in [1.29, 1.82) is 0 Å². The SMILES string of the molecule is CCCCN1C(=O)C(=O)N(CC(=O)NCCC(c2ccccc2)c2ccccc2)C1=O. The number of carbonyl (C=O) groups excluding carboxylic acids is 4. The van der Waals surface area contributed by atoms with Crippen molar-refractivity contribution in [3.63, 3.8) is 0 Å². The molecule has 0 aliphatic carbocycles. The van der Waals surface area contributed by atoms with Crippen LogP contribution in [0.4, 0.5) is 4.79 Å². The number of amides is 5. The summed E-state index contributed by atoms with van der Waals surface area (Å²) in [4.78, 5) is 50.5. The van der Waals surface area contributed by atoms with Gasteiger partial charge in [-0.2, -0.15) is 0 Å². The van der Waals surface area contributed by atoms with Crippen molar-refractivity contribution in [3.8, 4) is 0 Å². The maximum atomic E-state index is 12.4. The highest BCUT2D eigenvalue weighted by Crippen LogP contribution is 2.27. The molecule has 0 bridgehead atoms. The van der Waals surface area contributed by atoms with Crippen LogP contribution in [0.3, 0.4) is 0 Å². The second-order valence-electron chi connectivity index (χ2n) is 7.50. The number of hydrogen-bond donors (Lipinski definition) is 1. The van der Waals surface area contributed by atoms with Gasteiger partial charge in [0, 0.05) is 19.0 Å². The fourth-order valence-electron chi connectivity index (χ4n) is 3.66. The second kappa shape index (κ2) is 10.5. The lowest BCUT2D eigenvalue weighted by atomic mass is 9.88. The molecule has 3 rings (SSSR count). The molecule has 0 unspecified atom stereocenters. The minimum Gasteiger partial charge on any atom is -0.355 e. The highest BCUT2D eigenvalue weighted by Gasteiger charge is 2.44. The van der Waals surface area contributed by atoms with Crippen molar-refractivity contribution in [2.75, 3.05) is 19.6 Å². The van der Waals surface area contributed by atoms with E-state index in [-0.39, 0.29) is 12.5 Å². The summed E-state index contributed by atoms with van der Waals surface area (Å²) in [6, 6.07) is 19.3. The van der Waals surface area contributed by atoms with Crippen LogP contribution in [0.15, 0.2) is 60.7 Å². The number of unbranched alkanes of at least 4 members (excludes halogenated alkanes) is 1. The van der Waals surface area contributed by atoms with E-state index in [1.54, 1.807) is 0 Å². The molecule has 1 aliphatic rings. The van der Waals surface area contributed by atoms with E-state index in [9.17, 15) is 19.2 Å². The summed E-state index contributed by atoms with van der Waals surface area (Å²) in [6.45, 7) is 2.04. The topological polar surface area (TPSA) is 86.8 Å². The van der Waals surface area contributed by atoms with Crippen molar-refractivity contribution in [3.05, 3.63) is 71.8 Å². The van der Waals surface area contributed by atoms with Gasteiger partial charge in [0.05, 0.1) is 0 Å². The third-order valence-corrected chi connectivity index (χ3v) is 5.33. The Hall–Kier alpha value is -3.48. The number of hydrogen-bond acceptors (Lipinski definition) is 4. The Balaban J connectivity index is 1.58. The number of nitrogens with one attached hydrogen (secondary N) is 1. The maximum absolute atomic E-state index is 12.4. The summed E-state index contributed by atoms with van der Waals surface area (Å²) >= 11 is 0. The molecule has 0 atom stereocenters. The minimum atomic E-state index is -0.942. The predicted molar refractivity (Wildman–Crippen MR) is 116 cm³/mol. The van der Waals surface area contributed by atoms with Crippen LogP contribution in [-0.4, -0.2) is 53.2 Å². The van der Waals surface area contributed by atoms with Gasteiger partial charge >= 0.3 is 17.8 Å². The molecule has 2 aromatic carbocycles. The summed E-state index contributed by atoms with van der Waals surface area (Å²) in [6.07, 6.45) is 2.06. The average molecular weight is 421 g/mol. The van der Waals surface area contributed by atoms with Crippen LogP contribution in [0, 0.1) is 0 Å². The van der Waals surface area contributed by atoms with Gasteiger partial charge in [0.2, 0.25) is 5.91 Å². The molecule has 7 nitrogen and oxygen atoms in total. The summed E-state index contributed by atoms with van der Waals surface area (Å²) in [5.41, 5.74) is 2.29. The van der Waals surface area contributed by atoms with Crippen LogP contribution in [-0.2, 0) is 14.4 Å². The Morgan fingerprint density at radius 1 is 0.871 bits per heavy atom. The molecule has 5 amide bonds. The number of urea groups is 1. The third-order valence-electron chi connectivity index (χ3n) is 5.33. The van der Waals surface area contributed by atoms with Crippen LogP contribution < -0.4 is 5.32 Å². The largest absolute Gasteiger partial charge is 0.355 e. The molecular formula is C24H27N3O4. The zero-order valence-corrected chi connectivity index (χ0v) is 17.6. The lowest BCUT2D eigenvalue weighted by Gasteiger charge is -2.19. The number of rotatable bonds is 10. The Kier molecular flexibility index (Phi) is 7.54. The molecule has 0 aromatic heterocycles. The Bertz CT molecular complexity index is 891. The molecule has 1 N–H and O–H groups in total. The first-order chi connectivity index (χ1) is 15.0. The summed E-state index contributed by atoms with van der Waals surface area (Å²) in [7, 11) is 0. The van der Waals surface area contributed by atoms with E-state index in [4.69, 9.17) is 0 Å². The van der Waals surface area contributed by atoms with Crippen LogP contribution >= 0.6 is 0 Å². The van der Waals surface area contributed by atoms with E-state index >= 15 is 0 Å². The third kappa shape index (κ3) is 5.36. The quantitative estimate of drug-likeness (QED) is 0.472. The summed E-state index contributed by atoms with van der Waals surface area (Å²) < 4.78 is 0. The highest BCUT2D eigenvalue weighted by molar-refractivity contribution is 6.45. The van der Waals surface area contributed by atoms with Gasteiger partial charge in [-0.05, 0) is 24.0 Å². The number of carbonyl (C=O) groups is 4. The summed E-state index contributed by atoms with van der Waals surface area (Å²) in [5.74, 6) is -2.17. The van der Waals surface area contributed by atoms with Gasteiger partial charge in [0.25, 0.3) is 0 Å². The summed E-state index contributed by atoms with van der Waals surface area (Å²) in [5, 5.41) is 2.78. The number of nitrogens with zero attached hydrogens (tertiary/aromatic N) is 2. The van der Waals surface area contributed by atoms with Gasteiger partial charge < -0.3 is 5.32 Å². The molecule has 0 saturated carbocycles. The first kappa shape index (κ1) is 22.2. The fraction of sp³-hybridized carbons (Fsp3) is 0.333. The van der Waals surface area contributed by atoms with Crippen molar-refractivity contribution >= 4 is 23.8 Å². The standard InChI is InChI=1S/C24H27N3O4/c1-2-3-16-26-22(29)23(30)27(24(26)31)17-21(28)25-15-14-20(18-10-6-4-7-11-18)19-12-8-5-9-13-19/h4-13,20H,2-3,14-17H2,1H3,(H,25,28). The molecule has 1 fully saturated rings. The van der Waals surface area contributed by atoms with Crippen LogP contribution in [0.25, 0.3) is 0 Å². The Morgan fingerprint density at radius 3 is 1.97 bits per heavy atom. The second-order valence-corrected chi connectivity index (χ2v) is 7.50. The molecule has 1 aliphatic heterocycles. The molecule has 31 heavy (non-hydrogen) atoms. The van der Waals surface area contributed by atoms with Crippen molar-refractivity contribution in [2.45, 2.75) is 32.1 Å². The smallest absolute Gasteiger partial charge is 0.334 e. The predicted octanol–water partition coefficient (Wildman–Crippen LogP) is 2.92. The number of benzene rings is 2. The first-order valence-corrected chi connectivity index (χ1v) is 10.6. The lowest BCUT2D eigenvalue weighted by Crippen LogP contribution is -2.42. The maximum Gasteiger partial charge on any atom is 0.334 e. The van der Waals surface area contributed by atoms with Gasteiger partial charge in [-0.25, -0.2) is 9.69 Å². The van der Waals surface area contributed by atoms with Crippen molar-refractivity contribution < 1.29 is 19.2 Å². The van der Waals surface area contributed by atoms with Crippen LogP contribution in [0.2, 0.25) is 0 Å². The molecule has 1 heterocycles. The lowest BCUT2D eigenvalue weighted by molar-refractivity contribution is -0.144. The zero-order valence-electron chi connectivity index (χ0n) is 17.6. The zero-order chi connectivity index (χ0) is 22.2. The average Bonchev–Trinajstić information content (AvgIpc) is 2.99. The van der Waals surface area contributed by atoms with Crippen molar-refractivity contribution in [2.24, 2.45) is 0 Å². The van der Waals surface area contributed by atoms with E-state index in [2.05, 4.69) is 29.6 Å². The van der Waals surface area contributed by atoms with Crippen LogP contribution in [0.1, 0.15) is 43.2 Å². The first-order valence-electron chi connectivity index (χ1n) is 10.6. The van der Waals surface area contributed by atoms with E-state index < -0.39 is 30.3 Å². The van der Waals surface area contributed by atoms with E-state index in [1.807, 2.05) is 43.3 Å².